The van der Waals surface area contributed by atoms with Gasteiger partial charge in [0.05, 0.1) is 31.5 Å². The maximum atomic E-state index is 12.8. The highest BCUT2D eigenvalue weighted by Crippen LogP contribution is 2.39. The molecule has 1 N–H and O–H groups in total. The summed E-state index contributed by atoms with van der Waals surface area (Å²) < 4.78 is 21.7. The van der Waals surface area contributed by atoms with Crippen LogP contribution in [0.2, 0.25) is 0 Å². The Morgan fingerprint density at radius 3 is 2.63 bits per heavy atom. The fourth-order valence-electron chi connectivity index (χ4n) is 3.67. The van der Waals surface area contributed by atoms with E-state index in [-0.39, 0.29) is 0 Å². The Hall–Kier alpha value is -3.26. The molecular weight excluding hydrogens is 404 g/mol. The highest BCUT2D eigenvalue weighted by molar-refractivity contribution is 7.80. The number of ether oxygens (including phenoxy) is 4. The number of thiocarbonyl (C=S) groups is 1. The van der Waals surface area contributed by atoms with Crippen molar-refractivity contribution in [3.63, 3.8) is 0 Å². The second-order valence-corrected chi connectivity index (χ2v) is 7.20. The molecule has 2 aromatic rings. The molecule has 0 aliphatic carbocycles. The number of hydrogen-bond acceptors (Lipinski definition) is 6. The molecule has 2 heterocycles. The van der Waals surface area contributed by atoms with Gasteiger partial charge >= 0.3 is 5.97 Å². The third-order valence-corrected chi connectivity index (χ3v) is 5.40. The standard InChI is InChI=1S/C22H22N2O5S/c1-13-19(21(25)27-3)20(14-5-4-6-16(11-14)26-2)23-22(30)24(13)15-7-8-17-18(12-15)29-10-9-28-17/h4-8,11-12,20H,9-10H2,1-3H3,(H,23,30)/t20-/m0/s1. The van der Waals surface area contributed by atoms with Crippen LogP contribution in [-0.4, -0.2) is 38.5 Å². The molecule has 2 aliphatic rings. The molecule has 0 spiro atoms. The summed E-state index contributed by atoms with van der Waals surface area (Å²) in [4.78, 5) is 14.6. The minimum Gasteiger partial charge on any atom is -0.497 e. The first-order valence-corrected chi connectivity index (χ1v) is 9.87. The monoisotopic (exact) mass is 426 g/mol. The van der Waals surface area contributed by atoms with Gasteiger partial charge in [-0.25, -0.2) is 4.79 Å². The van der Waals surface area contributed by atoms with E-state index in [1.807, 2.05) is 49.4 Å². The van der Waals surface area contributed by atoms with Crippen molar-refractivity contribution in [1.82, 2.24) is 5.32 Å². The zero-order valence-electron chi connectivity index (χ0n) is 16.9. The molecule has 0 amide bonds. The van der Waals surface area contributed by atoms with Crippen molar-refractivity contribution in [1.29, 1.82) is 0 Å². The van der Waals surface area contributed by atoms with E-state index in [2.05, 4.69) is 5.32 Å². The summed E-state index contributed by atoms with van der Waals surface area (Å²) in [5.41, 5.74) is 2.75. The number of allylic oxidation sites excluding steroid dienone is 1. The number of esters is 1. The SMILES string of the molecule is COC(=O)C1=C(C)N(c2ccc3c(c2)OCCO3)C(=S)N[C@H]1c1cccc(OC)c1. The highest BCUT2D eigenvalue weighted by atomic mass is 32.1. The van der Waals surface area contributed by atoms with Gasteiger partial charge in [0.25, 0.3) is 0 Å². The number of benzene rings is 2. The van der Waals surface area contributed by atoms with Crippen molar-refractivity contribution in [3.05, 3.63) is 59.3 Å². The van der Waals surface area contributed by atoms with Crippen molar-refractivity contribution < 1.29 is 23.7 Å². The summed E-state index contributed by atoms with van der Waals surface area (Å²) in [6.07, 6.45) is 0. The normalized spacial score (nSPS) is 18.0. The lowest BCUT2D eigenvalue weighted by atomic mass is 9.94. The molecule has 0 saturated heterocycles. The Morgan fingerprint density at radius 2 is 1.90 bits per heavy atom. The number of nitrogens with one attached hydrogen (secondary N) is 1. The Kier molecular flexibility index (Phi) is 5.50. The number of anilines is 1. The van der Waals surface area contributed by atoms with Gasteiger partial charge in [0.2, 0.25) is 0 Å². The van der Waals surface area contributed by atoms with Crippen LogP contribution >= 0.6 is 12.2 Å². The summed E-state index contributed by atoms with van der Waals surface area (Å²) in [7, 11) is 2.97. The van der Waals surface area contributed by atoms with Gasteiger partial charge < -0.3 is 24.3 Å². The van der Waals surface area contributed by atoms with Crippen LogP contribution in [0.25, 0.3) is 0 Å². The molecule has 0 bridgehead atoms. The summed E-state index contributed by atoms with van der Waals surface area (Å²) in [5, 5.41) is 3.74. The smallest absolute Gasteiger partial charge is 0.337 e. The number of rotatable bonds is 4. The number of carbonyl (C=O) groups excluding carboxylic acids is 1. The van der Waals surface area contributed by atoms with Crippen molar-refractivity contribution in [2.75, 3.05) is 32.3 Å². The number of nitrogens with zero attached hydrogens (tertiary/aromatic N) is 1. The first kappa shape index (κ1) is 20.0. The van der Waals surface area contributed by atoms with E-state index in [4.69, 9.17) is 31.2 Å². The van der Waals surface area contributed by atoms with Gasteiger partial charge in [-0.15, -0.1) is 0 Å². The maximum absolute atomic E-state index is 12.8. The van der Waals surface area contributed by atoms with E-state index in [9.17, 15) is 4.79 Å². The molecule has 0 saturated carbocycles. The first-order valence-electron chi connectivity index (χ1n) is 9.46. The van der Waals surface area contributed by atoms with Crippen LogP contribution in [0.4, 0.5) is 5.69 Å². The molecule has 0 radical (unpaired) electrons. The molecule has 2 aliphatic heterocycles. The minimum absolute atomic E-state index is 0.433. The van der Waals surface area contributed by atoms with Crippen LogP contribution in [0.3, 0.4) is 0 Å². The summed E-state index contributed by atoms with van der Waals surface area (Å²) in [6, 6.07) is 12.6. The van der Waals surface area contributed by atoms with Gasteiger partial charge in [0, 0.05) is 11.8 Å². The molecule has 0 fully saturated rings. The number of hydrogen-bond donors (Lipinski definition) is 1. The molecule has 8 heteroatoms. The maximum Gasteiger partial charge on any atom is 0.337 e. The summed E-state index contributed by atoms with van der Waals surface area (Å²) >= 11 is 5.68. The lowest BCUT2D eigenvalue weighted by Crippen LogP contribution is -2.48. The molecular formula is C22H22N2O5S. The predicted octanol–water partition coefficient (Wildman–Crippen LogP) is 3.35. The Balaban J connectivity index is 1.80. The van der Waals surface area contributed by atoms with E-state index < -0.39 is 12.0 Å². The number of carbonyl (C=O) groups is 1. The third kappa shape index (κ3) is 3.54. The predicted molar refractivity (Wildman–Crippen MR) is 116 cm³/mol. The van der Waals surface area contributed by atoms with E-state index in [0.29, 0.717) is 46.8 Å². The van der Waals surface area contributed by atoms with Crippen LogP contribution in [0.1, 0.15) is 18.5 Å². The van der Waals surface area contributed by atoms with Crippen LogP contribution in [0, 0.1) is 0 Å². The van der Waals surface area contributed by atoms with E-state index in [1.165, 1.54) is 7.11 Å². The quantitative estimate of drug-likeness (QED) is 0.590. The zero-order valence-corrected chi connectivity index (χ0v) is 17.7. The van der Waals surface area contributed by atoms with E-state index >= 15 is 0 Å². The second-order valence-electron chi connectivity index (χ2n) is 6.81. The van der Waals surface area contributed by atoms with E-state index in [1.54, 1.807) is 12.0 Å². The topological polar surface area (TPSA) is 69.3 Å². The fraction of sp³-hybridized carbons (Fsp3) is 0.273. The van der Waals surface area contributed by atoms with Crippen molar-refractivity contribution in [3.8, 4) is 17.2 Å². The van der Waals surface area contributed by atoms with Gasteiger partial charge in [-0.2, -0.15) is 0 Å². The van der Waals surface area contributed by atoms with E-state index in [0.717, 1.165) is 11.3 Å². The molecule has 1 atom stereocenters. The average Bonchev–Trinajstić information content (AvgIpc) is 2.78. The molecule has 156 valence electrons. The second kappa shape index (κ2) is 8.23. The molecule has 2 aromatic carbocycles. The Bertz CT molecular complexity index is 1040. The lowest BCUT2D eigenvalue weighted by Gasteiger charge is -2.37. The van der Waals surface area contributed by atoms with Crippen LogP contribution in [0.15, 0.2) is 53.7 Å². The number of methoxy groups -OCH3 is 2. The van der Waals surface area contributed by atoms with Crippen molar-refractivity contribution in [2.45, 2.75) is 13.0 Å². The summed E-state index contributed by atoms with van der Waals surface area (Å²) in [5.74, 6) is 1.59. The molecule has 7 nitrogen and oxygen atoms in total. The highest BCUT2D eigenvalue weighted by Gasteiger charge is 2.35. The first-order chi connectivity index (χ1) is 14.5. The van der Waals surface area contributed by atoms with Gasteiger partial charge in [0.1, 0.15) is 19.0 Å². The van der Waals surface area contributed by atoms with Crippen molar-refractivity contribution >= 4 is 29.0 Å². The molecule has 4 rings (SSSR count). The molecule has 30 heavy (non-hydrogen) atoms. The van der Waals surface area contributed by atoms with Crippen LogP contribution in [0.5, 0.6) is 17.2 Å². The molecule has 0 unspecified atom stereocenters. The minimum atomic E-state index is -0.464. The van der Waals surface area contributed by atoms with Gasteiger partial charge in [0.15, 0.2) is 16.6 Å². The average molecular weight is 426 g/mol. The fourth-order valence-corrected chi connectivity index (χ4v) is 4.03. The lowest BCUT2D eigenvalue weighted by molar-refractivity contribution is -0.136. The van der Waals surface area contributed by atoms with Gasteiger partial charge in [-0.3, -0.25) is 4.90 Å². The van der Waals surface area contributed by atoms with Crippen LogP contribution in [-0.2, 0) is 9.53 Å². The van der Waals surface area contributed by atoms with Gasteiger partial charge in [-0.05, 0) is 49.0 Å². The summed E-state index contributed by atoms with van der Waals surface area (Å²) in [6.45, 7) is 2.85. The third-order valence-electron chi connectivity index (χ3n) is 5.10. The van der Waals surface area contributed by atoms with Crippen molar-refractivity contribution in [2.24, 2.45) is 0 Å². The Labute approximate surface area is 180 Å². The van der Waals surface area contributed by atoms with Crippen LogP contribution < -0.4 is 24.4 Å². The molecule has 0 aromatic heterocycles. The number of fused-ring (bicyclic) bond motifs is 1. The largest absolute Gasteiger partial charge is 0.497 e. The van der Waals surface area contributed by atoms with Gasteiger partial charge in [-0.1, -0.05) is 12.1 Å². The Morgan fingerprint density at radius 1 is 1.13 bits per heavy atom. The zero-order chi connectivity index (χ0) is 21.3.